The van der Waals surface area contributed by atoms with Gasteiger partial charge in [-0.3, -0.25) is 9.59 Å². The fourth-order valence-electron chi connectivity index (χ4n) is 2.72. The van der Waals surface area contributed by atoms with Crippen LogP contribution in [0.2, 0.25) is 0 Å². The van der Waals surface area contributed by atoms with Gasteiger partial charge in [0.1, 0.15) is 0 Å². The monoisotopic (exact) mass is 275 g/mol. The maximum Gasteiger partial charge on any atom is 0.248 e. The average Bonchev–Trinajstić information content (AvgIpc) is 2.89. The SMILES string of the molecule is CCCC1(C(=O)Nc2ccc(C(N)=O)cc2)CCNC1. The molecule has 0 spiro atoms. The van der Waals surface area contributed by atoms with Gasteiger partial charge in [-0.2, -0.15) is 0 Å². The summed E-state index contributed by atoms with van der Waals surface area (Å²) < 4.78 is 0. The van der Waals surface area contributed by atoms with Crippen molar-refractivity contribution in [1.82, 2.24) is 5.32 Å². The zero-order valence-corrected chi connectivity index (χ0v) is 11.7. The van der Waals surface area contributed by atoms with Gasteiger partial charge in [-0.05, 0) is 43.7 Å². The quantitative estimate of drug-likeness (QED) is 0.761. The van der Waals surface area contributed by atoms with E-state index in [0.29, 0.717) is 11.3 Å². The van der Waals surface area contributed by atoms with Gasteiger partial charge in [-0.15, -0.1) is 0 Å². The van der Waals surface area contributed by atoms with Gasteiger partial charge >= 0.3 is 0 Å². The predicted molar refractivity (Wildman–Crippen MR) is 78.4 cm³/mol. The Labute approximate surface area is 118 Å². The van der Waals surface area contributed by atoms with Crippen molar-refractivity contribution in [3.8, 4) is 0 Å². The first-order chi connectivity index (χ1) is 9.57. The van der Waals surface area contributed by atoms with E-state index in [1.54, 1.807) is 24.3 Å². The van der Waals surface area contributed by atoms with Crippen LogP contribution in [-0.2, 0) is 4.79 Å². The first-order valence-corrected chi connectivity index (χ1v) is 6.99. The molecule has 20 heavy (non-hydrogen) atoms. The molecule has 0 bridgehead atoms. The summed E-state index contributed by atoms with van der Waals surface area (Å²) in [5, 5.41) is 6.21. The molecule has 1 aromatic rings. The van der Waals surface area contributed by atoms with Crippen molar-refractivity contribution in [2.24, 2.45) is 11.1 Å². The lowest BCUT2D eigenvalue weighted by atomic mass is 9.81. The molecule has 1 aliphatic heterocycles. The second-order valence-electron chi connectivity index (χ2n) is 5.35. The number of nitrogens with two attached hydrogens (primary N) is 1. The Morgan fingerprint density at radius 2 is 2.05 bits per heavy atom. The Kier molecular flexibility index (Phi) is 4.39. The Balaban J connectivity index is 2.08. The molecular formula is C15H21N3O2. The third-order valence-electron chi connectivity index (χ3n) is 3.88. The molecule has 4 N–H and O–H groups in total. The molecule has 5 nitrogen and oxygen atoms in total. The van der Waals surface area contributed by atoms with Crippen molar-refractivity contribution < 1.29 is 9.59 Å². The van der Waals surface area contributed by atoms with Crippen LogP contribution in [0.1, 0.15) is 36.5 Å². The first kappa shape index (κ1) is 14.5. The van der Waals surface area contributed by atoms with Crippen LogP contribution in [0.4, 0.5) is 5.69 Å². The fraction of sp³-hybridized carbons (Fsp3) is 0.467. The zero-order chi connectivity index (χ0) is 14.6. The predicted octanol–water partition coefficient (Wildman–Crippen LogP) is 1.50. The van der Waals surface area contributed by atoms with Crippen molar-refractivity contribution in [3.05, 3.63) is 29.8 Å². The lowest BCUT2D eigenvalue weighted by Crippen LogP contribution is -2.38. The summed E-state index contributed by atoms with van der Waals surface area (Å²) >= 11 is 0. The van der Waals surface area contributed by atoms with Crippen molar-refractivity contribution in [1.29, 1.82) is 0 Å². The van der Waals surface area contributed by atoms with Gasteiger partial charge in [0, 0.05) is 17.8 Å². The third kappa shape index (κ3) is 2.99. The average molecular weight is 275 g/mol. The molecule has 1 unspecified atom stereocenters. The molecular weight excluding hydrogens is 254 g/mol. The Morgan fingerprint density at radius 1 is 1.35 bits per heavy atom. The minimum atomic E-state index is -0.467. The third-order valence-corrected chi connectivity index (χ3v) is 3.88. The first-order valence-electron chi connectivity index (χ1n) is 6.99. The number of rotatable bonds is 5. The minimum absolute atomic E-state index is 0.0520. The molecule has 1 fully saturated rings. The van der Waals surface area contributed by atoms with Crippen molar-refractivity contribution in [3.63, 3.8) is 0 Å². The number of primary amides is 1. The highest BCUT2D eigenvalue weighted by molar-refractivity contribution is 5.97. The van der Waals surface area contributed by atoms with Crippen LogP contribution >= 0.6 is 0 Å². The number of amides is 2. The molecule has 1 aliphatic rings. The zero-order valence-electron chi connectivity index (χ0n) is 11.7. The van der Waals surface area contributed by atoms with Gasteiger partial charge in [-0.25, -0.2) is 0 Å². The molecule has 2 rings (SSSR count). The summed E-state index contributed by atoms with van der Waals surface area (Å²) in [5.74, 6) is -0.415. The molecule has 0 saturated carbocycles. The van der Waals surface area contributed by atoms with E-state index >= 15 is 0 Å². The van der Waals surface area contributed by atoms with E-state index in [1.807, 2.05) is 0 Å². The minimum Gasteiger partial charge on any atom is -0.366 e. The van der Waals surface area contributed by atoms with E-state index < -0.39 is 5.91 Å². The molecule has 1 aromatic carbocycles. The van der Waals surface area contributed by atoms with Crippen LogP contribution in [0.5, 0.6) is 0 Å². The number of carbonyl (C=O) groups excluding carboxylic acids is 2. The molecule has 108 valence electrons. The van der Waals surface area contributed by atoms with Gasteiger partial charge in [0.05, 0.1) is 5.41 Å². The van der Waals surface area contributed by atoms with E-state index in [4.69, 9.17) is 5.73 Å². The summed E-state index contributed by atoms with van der Waals surface area (Å²) in [6, 6.07) is 6.66. The molecule has 1 atom stereocenters. The molecule has 0 aliphatic carbocycles. The normalized spacial score (nSPS) is 21.6. The van der Waals surface area contributed by atoms with Crippen molar-refractivity contribution in [2.45, 2.75) is 26.2 Å². The highest BCUT2D eigenvalue weighted by Crippen LogP contribution is 2.32. The van der Waals surface area contributed by atoms with Crippen LogP contribution in [0, 0.1) is 5.41 Å². The van der Waals surface area contributed by atoms with Crippen LogP contribution < -0.4 is 16.4 Å². The molecule has 0 radical (unpaired) electrons. The smallest absolute Gasteiger partial charge is 0.248 e. The summed E-state index contributed by atoms with van der Waals surface area (Å²) in [6.07, 6.45) is 2.73. The molecule has 5 heteroatoms. The number of carbonyl (C=O) groups is 2. The van der Waals surface area contributed by atoms with E-state index in [-0.39, 0.29) is 11.3 Å². The van der Waals surface area contributed by atoms with Gasteiger partial charge in [0.25, 0.3) is 0 Å². The van der Waals surface area contributed by atoms with Crippen LogP contribution in [0.25, 0.3) is 0 Å². The summed E-state index contributed by atoms with van der Waals surface area (Å²) in [7, 11) is 0. The fourth-order valence-corrected chi connectivity index (χ4v) is 2.72. The highest BCUT2D eigenvalue weighted by Gasteiger charge is 2.40. The largest absolute Gasteiger partial charge is 0.366 e. The lowest BCUT2D eigenvalue weighted by Gasteiger charge is -2.26. The van der Waals surface area contributed by atoms with Crippen LogP contribution in [0.3, 0.4) is 0 Å². The van der Waals surface area contributed by atoms with Gasteiger partial charge in [0.15, 0.2) is 0 Å². The van der Waals surface area contributed by atoms with E-state index in [0.717, 1.165) is 32.4 Å². The number of anilines is 1. The Bertz CT molecular complexity index is 490. The van der Waals surface area contributed by atoms with Gasteiger partial charge < -0.3 is 16.4 Å². The molecule has 1 heterocycles. The second-order valence-corrected chi connectivity index (χ2v) is 5.35. The van der Waals surface area contributed by atoms with Crippen LogP contribution in [0.15, 0.2) is 24.3 Å². The Hall–Kier alpha value is -1.88. The van der Waals surface area contributed by atoms with Gasteiger partial charge in [0.2, 0.25) is 11.8 Å². The van der Waals surface area contributed by atoms with Crippen molar-refractivity contribution >= 4 is 17.5 Å². The molecule has 1 saturated heterocycles. The number of benzene rings is 1. The maximum atomic E-state index is 12.5. The van der Waals surface area contributed by atoms with E-state index in [2.05, 4.69) is 17.6 Å². The molecule has 2 amide bonds. The lowest BCUT2D eigenvalue weighted by molar-refractivity contribution is -0.125. The van der Waals surface area contributed by atoms with Crippen LogP contribution in [-0.4, -0.2) is 24.9 Å². The van der Waals surface area contributed by atoms with Gasteiger partial charge in [-0.1, -0.05) is 13.3 Å². The van der Waals surface area contributed by atoms with Crippen molar-refractivity contribution in [2.75, 3.05) is 18.4 Å². The molecule has 0 aromatic heterocycles. The standard InChI is InChI=1S/C15H21N3O2/c1-2-7-15(8-9-17-10-15)14(20)18-12-5-3-11(4-6-12)13(16)19/h3-6,17H,2,7-10H2,1H3,(H2,16,19)(H,18,20). The highest BCUT2D eigenvalue weighted by atomic mass is 16.2. The maximum absolute atomic E-state index is 12.5. The summed E-state index contributed by atoms with van der Waals surface area (Å²) in [6.45, 7) is 3.70. The number of hydrogen-bond acceptors (Lipinski definition) is 3. The summed E-state index contributed by atoms with van der Waals surface area (Å²) in [5.41, 5.74) is 6.02. The van der Waals surface area contributed by atoms with E-state index in [9.17, 15) is 9.59 Å². The number of nitrogens with one attached hydrogen (secondary N) is 2. The Morgan fingerprint density at radius 3 is 2.55 bits per heavy atom. The van der Waals surface area contributed by atoms with E-state index in [1.165, 1.54) is 0 Å². The second kappa shape index (κ2) is 6.05. The summed E-state index contributed by atoms with van der Waals surface area (Å²) in [4.78, 5) is 23.5. The topological polar surface area (TPSA) is 84.2 Å². The number of hydrogen-bond donors (Lipinski definition) is 3.